The quantitative estimate of drug-likeness (QED) is 0.699. The molecule has 1 saturated heterocycles. The number of hydrogen-bond donors (Lipinski definition) is 3. The first-order valence-corrected chi connectivity index (χ1v) is 7.63. The highest BCUT2D eigenvalue weighted by Gasteiger charge is 2.35. The molecule has 0 radical (unpaired) electrons. The summed E-state index contributed by atoms with van der Waals surface area (Å²) in [5.74, 6) is -0.397. The Kier molecular flexibility index (Phi) is 3.39. The van der Waals surface area contributed by atoms with Gasteiger partial charge in [0.25, 0.3) is 5.91 Å². The summed E-state index contributed by atoms with van der Waals surface area (Å²) in [4.78, 5) is 26.5. The fourth-order valence-corrected chi connectivity index (χ4v) is 3.77. The molecule has 0 spiro atoms. The van der Waals surface area contributed by atoms with E-state index in [1.54, 1.807) is 0 Å². The number of amides is 1. The highest BCUT2D eigenvalue weighted by Crippen LogP contribution is 2.43. The SMILES string of the molecule is NC(=O)c1c(N2CCNCC2)sc(C(=O)C2CC2)c1N. The molecule has 2 aliphatic rings. The van der Waals surface area contributed by atoms with Crippen LogP contribution in [0.15, 0.2) is 0 Å². The van der Waals surface area contributed by atoms with E-state index in [9.17, 15) is 9.59 Å². The zero-order chi connectivity index (χ0) is 14.3. The van der Waals surface area contributed by atoms with Gasteiger partial charge in [0.05, 0.1) is 16.1 Å². The standard InChI is InChI=1S/C13H18N4O2S/c14-9-8(12(15)19)13(17-5-3-16-4-6-17)20-11(9)10(18)7-1-2-7/h7,16H,1-6,14H2,(H2,15,19). The summed E-state index contributed by atoms with van der Waals surface area (Å²) >= 11 is 1.32. The minimum Gasteiger partial charge on any atom is -0.397 e. The van der Waals surface area contributed by atoms with Crippen molar-refractivity contribution in [3.63, 3.8) is 0 Å². The second-order valence-electron chi connectivity index (χ2n) is 5.26. The van der Waals surface area contributed by atoms with Crippen molar-refractivity contribution in [3.8, 4) is 0 Å². The number of hydrogen-bond acceptors (Lipinski definition) is 6. The molecule has 5 N–H and O–H groups in total. The van der Waals surface area contributed by atoms with Crippen molar-refractivity contribution >= 4 is 33.7 Å². The van der Waals surface area contributed by atoms with Gasteiger partial charge in [-0.2, -0.15) is 0 Å². The van der Waals surface area contributed by atoms with Crippen LogP contribution in [-0.2, 0) is 0 Å². The van der Waals surface area contributed by atoms with Crippen LogP contribution in [0, 0.1) is 5.92 Å². The van der Waals surface area contributed by atoms with Crippen LogP contribution in [0.5, 0.6) is 0 Å². The third-order valence-corrected chi connectivity index (χ3v) is 5.03. The number of piperazine rings is 1. The molecule has 0 bridgehead atoms. The van der Waals surface area contributed by atoms with Gasteiger partial charge in [-0.25, -0.2) is 0 Å². The van der Waals surface area contributed by atoms with Crippen LogP contribution in [0.25, 0.3) is 0 Å². The van der Waals surface area contributed by atoms with Gasteiger partial charge in [0, 0.05) is 32.1 Å². The number of carbonyl (C=O) groups is 2. The highest BCUT2D eigenvalue weighted by atomic mass is 32.1. The topological polar surface area (TPSA) is 101 Å². The van der Waals surface area contributed by atoms with Gasteiger partial charge < -0.3 is 21.7 Å². The summed E-state index contributed by atoms with van der Waals surface area (Å²) in [6.07, 6.45) is 1.84. The van der Waals surface area contributed by atoms with Crippen molar-refractivity contribution in [2.24, 2.45) is 11.7 Å². The highest BCUT2D eigenvalue weighted by molar-refractivity contribution is 7.19. The molecule has 1 saturated carbocycles. The van der Waals surface area contributed by atoms with Gasteiger partial charge >= 0.3 is 0 Å². The van der Waals surface area contributed by atoms with E-state index in [1.807, 2.05) is 0 Å². The maximum absolute atomic E-state index is 12.2. The number of rotatable bonds is 4. The van der Waals surface area contributed by atoms with Crippen molar-refractivity contribution in [2.45, 2.75) is 12.8 Å². The van der Waals surface area contributed by atoms with Crippen LogP contribution in [-0.4, -0.2) is 37.9 Å². The van der Waals surface area contributed by atoms with Crippen LogP contribution >= 0.6 is 11.3 Å². The Balaban J connectivity index is 2.00. The summed E-state index contributed by atoms with van der Waals surface area (Å²) in [6, 6.07) is 0. The number of nitrogens with one attached hydrogen (secondary N) is 1. The molecule has 1 aliphatic carbocycles. The zero-order valence-corrected chi connectivity index (χ0v) is 12.0. The summed E-state index contributed by atoms with van der Waals surface area (Å²) < 4.78 is 0. The van der Waals surface area contributed by atoms with Crippen LogP contribution < -0.4 is 21.7 Å². The molecule has 108 valence electrons. The Morgan fingerprint density at radius 2 is 1.90 bits per heavy atom. The molecule has 0 aromatic carbocycles. The Bertz CT molecular complexity index is 559. The normalized spacial score (nSPS) is 19.1. The molecule has 1 aromatic rings. The molecule has 6 nitrogen and oxygen atoms in total. The van der Waals surface area contributed by atoms with Crippen molar-refractivity contribution in [2.75, 3.05) is 36.8 Å². The average Bonchev–Trinajstić information content (AvgIpc) is 3.22. The van der Waals surface area contributed by atoms with Gasteiger partial charge in [0.2, 0.25) is 0 Å². The number of nitrogens with zero attached hydrogens (tertiary/aromatic N) is 1. The first kappa shape index (κ1) is 13.4. The lowest BCUT2D eigenvalue weighted by atomic mass is 10.1. The van der Waals surface area contributed by atoms with Crippen LogP contribution in [0.4, 0.5) is 10.7 Å². The van der Waals surface area contributed by atoms with E-state index >= 15 is 0 Å². The second-order valence-corrected chi connectivity index (χ2v) is 6.26. The molecule has 2 fully saturated rings. The third-order valence-electron chi connectivity index (χ3n) is 3.75. The van der Waals surface area contributed by atoms with Gasteiger partial charge in [0.1, 0.15) is 5.00 Å². The van der Waals surface area contributed by atoms with Gasteiger partial charge in [0.15, 0.2) is 5.78 Å². The Morgan fingerprint density at radius 3 is 2.45 bits per heavy atom. The third kappa shape index (κ3) is 2.27. The van der Waals surface area contributed by atoms with Gasteiger partial charge in [-0.3, -0.25) is 9.59 Å². The number of ketones is 1. The van der Waals surface area contributed by atoms with E-state index < -0.39 is 5.91 Å². The number of nitrogen functional groups attached to an aromatic ring is 1. The molecule has 7 heteroatoms. The smallest absolute Gasteiger partial charge is 0.253 e. The number of Topliss-reactive ketones (excluding diaryl/α,β-unsaturated/α-hetero) is 1. The van der Waals surface area contributed by atoms with E-state index in [0.29, 0.717) is 10.4 Å². The molecular formula is C13H18N4O2S. The summed E-state index contributed by atoms with van der Waals surface area (Å²) in [5.41, 5.74) is 12.1. The van der Waals surface area contributed by atoms with Crippen molar-refractivity contribution < 1.29 is 9.59 Å². The molecule has 3 rings (SSSR count). The largest absolute Gasteiger partial charge is 0.397 e. The predicted molar refractivity (Wildman–Crippen MR) is 79.4 cm³/mol. The van der Waals surface area contributed by atoms with Crippen LogP contribution in [0.2, 0.25) is 0 Å². The Labute approximate surface area is 121 Å². The molecule has 1 aliphatic heterocycles. The van der Waals surface area contributed by atoms with Gasteiger partial charge in [-0.05, 0) is 12.8 Å². The van der Waals surface area contributed by atoms with E-state index in [4.69, 9.17) is 11.5 Å². The number of anilines is 2. The molecule has 1 amide bonds. The second kappa shape index (κ2) is 5.06. The molecule has 2 heterocycles. The average molecular weight is 294 g/mol. The lowest BCUT2D eigenvalue weighted by Gasteiger charge is -2.28. The zero-order valence-electron chi connectivity index (χ0n) is 11.1. The molecule has 0 atom stereocenters. The van der Waals surface area contributed by atoms with E-state index in [0.717, 1.165) is 44.0 Å². The molecule has 0 unspecified atom stereocenters. The fraction of sp³-hybridized carbons (Fsp3) is 0.538. The molecular weight excluding hydrogens is 276 g/mol. The van der Waals surface area contributed by atoms with Crippen LogP contribution in [0.3, 0.4) is 0 Å². The summed E-state index contributed by atoms with van der Waals surface area (Å²) in [7, 11) is 0. The van der Waals surface area contributed by atoms with Gasteiger partial charge in [-0.15, -0.1) is 11.3 Å². The molecule has 1 aromatic heterocycles. The van der Waals surface area contributed by atoms with E-state index in [1.165, 1.54) is 11.3 Å². The van der Waals surface area contributed by atoms with E-state index in [-0.39, 0.29) is 17.4 Å². The van der Waals surface area contributed by atoms with E-state index in [2.05, 4.69) is 10.2 Å². The first-order valence-electron chi connectivity index (χ1n) is 6.81. The maximum Gasteiger partial charge on any atom is 0.253 e. The monoisotopic (exact) mass is 294 g/mol. The minimum absolute atomic E-state index is 0.0661. The summed E-state index contributed by atoms with van der Waals surface area (Å²) in [5, 5.41) is 4.00. The molecule has 20 heavy (non-hydrogen) atoms. The lowest BCUT2D eigenvalue weighted by Crippen LogP contribution is -2.43. The van der Waals surface area contributed by atoms with Crippen molar-refractivity contribution in [1.29, 1.82) is 0 Å². The Hall–Kier alpha value is -1.60. The van der Waals surface area contributed by atoms with Crippen molar-refractivity contribution in [3.05, 3.63) is 10.4 Å². The first-order chi connectivity index (χ1) is 9.59. The predicted octanol–water partition coefficient (Wildman–Crippen LogP) is 0.431. The van der Waals surface area contributed by atoms with Crippen molar-refractivity contribution in [1.82, 2.24) is 5.32 Å². The lowest BCUT2D eigenvalue weighted by molar-refractivity contribution is 0.0972. The Morgan fingerprint density at radius 1 is 1.25 bits per heavy atom. The summed E-state index contributed by atoms with van der Waals surface area (Å²) in [6.45, 7) is 3.28. The number of carbonyl (C=O) groups excluding carboxylic acids is 2. The number of nitrogens with two attached hydrogens (primary N) is 2. The van der Waals surface area contributed by atoms with Gasteiger partial charge in [-0.1, -0.05) is 0 Å². The number of primary amides is 1. The number of thiophene rings is 1. The minimum atomic E-state index is -0.554. The maximum atomic E-state index is 12.2. The van der Waals surface area contributed by atoms with Crippen LogP contribution in [0.1, 0.15) is 32.9 Å². The fourth-order valence-electron chi connectivity index (χ4n) is 2.47.